The predicted molar refractivity (Wildman–Crippen MR) is 83.6 cm³/mol. The molecule has 1 saturated carbocycles. The van der Waals surface area contributed by atoms with E-state index in [1.165, 1.54) is 25.7 Å². The Morgan fingerprint density at radius 1 is 1.35 bits per heavy atom. The minimum absolute atomic E-state index is 0.184. The van der Waals surface area contributed by atoms with Crippen LogP contribution in [-0.4, -0.2) is 11.5 Å². The fourth-order valence-corrected chi connectivity index (χ4v) is 3.15. The first-order chi connectivity index (χ1) is 9.56. The number of hydrogen-bond acceptors (Lipinski definition) is 3. The smallest absolute Gasteiger partial charge is 0.275 e. The Morgan fingerprint density at radius 3 is 2.70 bits per heavy atom. The van der Waals surface area contributed by atoms with Gasteiger partial charge in [0.05, 0.1) is 4.92 Å². The summed E-state index contributed by atoms with van der Waals surface area (Å²) in [6, 6.07) is 5.24. The van der Waals surface area contributed by atoms with Crippen LogP contribution in [0.5, 0.6) is 0 Å². The van der Waals surface area contributed by atoms with Crippen molar-refractivity contribution < 1.29 is 4.92 Å². The third kappa shape index (κ3) is 4.28. The van der Waals surface area contributed by atoms with Crippen LogP contribution in [0, 0.1) is 22.0 Å². The van der Waals surface area contributed by atoms with E-state index >= 15 is 0 Å². The summed E-state index contributed by atoms with van der Waals surface area (Å²) in [6.45, 7) is 3.84. The largest absolute Gasteiger partial charge is 0.312 e. The molecule has 0 saturated heterocycles. The van der Waals surface area contributed by atoms with Gasteiger partial charge in [0.2, 0.25) is 0 Å². The van der Waals surface area contributed by atoms with Crippen LogP contribution in [0.15, 0.2) is 22.7 Å². The average molecular weight is 341 g/mol. The Bertz CT molecular complexity index is 471. The Labute approximate surface area is 128 Å². The van der Waals surface area contributed by atoms with Crippen LogP contribution in [0.2, 0.25) is 0 Å². The fraction of sp³-hybridized carbons (Fsp3) is 0.600. The van der Waals surface area contributed by atoms with Gasteiger partial charge in [-0.15, -0.1) is 0 Å². The van der Waals surface area contributed by atoms with Gasteiger partial charge in [-0.05, 0) is 43.4 Å². The molecule has 20 heavy (non-hydrogen) atoms. The molecule has 2 rings (SSSR count). The van der Waals surface area contributed by atoms with Crippen LogP contribution in [0.3, 0.4) is 0 Å². The van der Waals surface area contributed by atoms with E-state index in [-0.39, 0.29) is 10.6 Å². The Morgan fingerprint density at radius 2 is 2.05 bits per heavy atom. The summed E-state index contributed by atoms with van der Waals surface area (Å²) in [7, 11) is 0. The molecule has 0 bridgehead atoms. The molecule has 0 unspecified atom stereocenters. The summed E-state index contributed by atoms with van der Waals surface area (Å²) in [6.07, 6.45) is 5.17. The molecular weight excluding hydrogens is 320 g/mol. The van der Waals surface area contributed by atoms with Crippen molar-refractivity contribution in [1.82, 2.24) is 5.32 Å². The molecule has 0 heterocycles. The van der Waals surface area contributed by atoms with Crippen molar-refractivity contribution in [1.29, 1.82) is 0 Å². The van der Waals surface area contributed by atoms with Crippen molar-refractivity contribution in [3.05, 3.63) is 38.3 Å². The topological polar surface area (TPSA) is 55.2 Å². The molecule has 4 nitrogen and oxygen atoms in total. The van der Waals surface area contributed by atoms with Crippen LogP contribution in [-0.2, 0) is 6.54 Å². The molecule has 1 fully saturated rings. The first-order valence-corrected chi connectivity index (χ1v) is 7.99. The van der Waals surface area contributed by atoms with E-state index in [0.29, 0.717) is 6.54 Å². The second kappa shape index (κ2) is 7.18. The molecule has 1 N–H and O–H groups in total. The Balaban J connectivity index is 1.86. The van der Waals surface area contributed by atoms with E-state index in [1.807, 2.05) is 12.1 Å². The molecule has 0 radical (unpaired) electrons. The van der Waals surface area contributed by atoms with Gasteiger partial charge in [-0.2, -0.15) is 0 Å². The summed E-state index contributed by atoms with van der Waals surface area (Å²) in [5.74, 6) is 1.58. The number of nitro groups is 1. The lowest BCUT2D eigenvalue weighted by Gasteiger charge is -2.26. The van der Waals surface area contributed by atoms with E-state index < -0.39 is 0 Å². The molecule has 0 amide bonds. The van der Waals surface area contributed by atoms with Crippen molar-refractivity contribution in [2.75, 3.05) is 6.54 Å². The fourth-order valence-electron chi connectivity index (χ4n) is 2.80. The number of halogens is 1. The maximum Gasteiger partial charge on any atom is 0.275 e. The number of nitro benzene ring substituents is 1. The SMILES string of the molecule is CC1CCC(CNCc2ccc(Br)cc2[N+](=O)[O-])CC1. The lowest BCUT2D eigenvalue weighted by atomic mass is 9.83. The maximum atomic E-state index is 11.0. The van der Waals surface area contributed by atoms with E-state index in [2.05, 4.69) is 28.2 Å². The van der Waals surface area contributed by atoms with Gasteiger partial charge >= 0.3 is 0 Å². The van der Waals surface area contributed by atoms with Crippen molar-refractivity contribution in [2.24, 2.45) is 11.8 Å². The second-order valence-electron chi connectivity index (χ2n) is 5.79. The Hall–Kier alpha value is -0.940. The van der Waals surface area contributed by atoms with Crippen LogP contribution in [0.25, 0.3) is 0 Å². The number of nitrogens with zero attached hydrogens (tertiary/aromatic N) is 1. The molecular formula is C15H21BrN2O2. The van der Waals surface area contributed by atoms with E-state index in [0.717, 1.165) is 28.4 Å². The Kier molecular flexibility index (Phi) is 5.54. The van der Waals surface area contributed by atoms with Crippen LogP contribution in [0.1, 0.15) is 38.2 Å². The van der Waals surface area contributed by atoms with Crippen LogP contribution in [0.4, 0.5) is 5.69 Å². The number of benzene rings is 1. The highest BCUT2D eigenvalue weighted by molar-refractivity contribution is 9.10. The van der Waals surface area contributed by atoms with Gasteiger partial charge in [0, 0.05) is 22.6 Å². The lowest BCUT2D eigenvalue weighted by molar-refractivity contribution is -0.385. The zero-order valence-electron chi connectivity index (χ0n) is 11.8. The molecule has 5 heteroatoms. The first kappa shape index (κ1) is 15.4. The number of rotatable bonds is 5. The molecule has 110 valence electrons. The average Bonchev–Trinajstić information content (AvgIpc) is 2.42. The van der Waals surface area contributed by atoms with E-state index in [4.69, 9.17) is 0 Å². The zero-order valence-corrected chi connectivity index (χ0v) is 13.4. The van der Waals surface area contributed by atoms with Crippen LogP contribution < -0.4 is 5.32 Å². The summed E-state index contributed by atoms with van der Waals surface area (Å²) in [4.78, 5) is 10.7. The molecule has 0 aliphatic heterocycles. The normalized spacial score (nSPS) is 22.7. The van der Waals surface area contributed by atoms with Gasteiger partial charge in [0.1, 0.15) is 0 Å². The minimum atomic E-state index is -0.315. The summed E-state index contributed by atoms with van der Waals surface area (Å²) in [5.41, 5.74) is 0.937. The minimum Gasteiger partial charge on any atom is -0.312 e. The highest BCUT2D eigenvalue weighted by Gasteiger charge is 2.18. The number of hydrogen-bond donors (Lipinski definition) is 1. The van der Waals surface area contributed by atoms with Crippen molar-refractivity contribution in [3.8, 4) is 0 Å². The van der Waals surface area contributed by atoms with Crippen LogP contribution >= 0.6 is 15.9 Å². The van der Waals surface area contributed by atoms with E-state index in [1.54, 1.807) is 6.07 Å². The third-order valence-electron chi connectivity index (χ3n) is 4.13. The van der Waals surface area contributed by atoms with E-state index in [9.17, 15) is 10.1 Å². The highest BCUT2D eigenvalue weighted by atomic mass is 79.9. The summed E-state index contributed by atoms with van der Waals surface area (Å²) < 4.78 is 0.745. The van der Waals surface area contributed by atoms with Gasteiger partial charge in [0.15, 0.2) is 0 Å². The molecule has 1 aliphatic rings. The predicted octanol–water partition coefficient (Wildman–Crippen LogP) is 4.27. The van der Waals surface area contributed by atoms with Crippen molar-refractivity contribution in [3.63, 3.8) is 0 Å². The lowest BCUT2D eigenvalue weighted by Crippen LogP contribution is -2.26. The quantitative estimate of drug-likeness (QED) is 0.643. The van der Waals surface area contributed by atoms with Gasteiger partial charge in [0.25, 0.3) is 5.69 Å². The molecule has 0 spiro atoms. The maximum absolute atomic E-state index is 11.0. The molecule has 0 aromatic heterocycles. The molecule has 1 aromatic rings. The monoisotopic (exact) mass is 340 g/mol. The molecule has 0 atom stereocenters. The first-order valence-electron chi connectivity index (χ1n) is 7.20. The van der Waals surface area contributed by atoms with Gasteiger partial charge in [-0.25, -0.2) is 0 Å². The summed E-state index contributed by atoms with van der Waals surface area (Å²) >= 11 is 3.28. The highest BCUT2D eigenvalue weighted by Crippen LogP contribution is 2.28. The van der Waals surface area contributed by atoms with Crippen molar-refractivity contribution in [2.45, 2.75) is 39.2 Å². The standard InChI is InChI=1S/C15H21BrN2O2/c1-11-2-4-12(5-3-11)9-17-10-13-6-7-14(16)8-15(13)18(19)20/h6-8,11-12,17H,2-5,9-10H2,1H3. The number of nitrogens with one attached hydrogen (secondary N) is 1. The summed E-state index contributed by atoms with van der Waals surface area (Å²) in [5, 5.41) is 14.4. The molecule has 1 aromatic carbocycles. The zero-order chi connectivity index (χ0) is 14.5. The second-order valence-corrected chi connectivity index (χ2v) is 6.70. The molecule has 1 aliphatic carbocycles. The van der Waals surface area contributed by atoms with Gasteiger partial charge in [-0.3, -0.25) is 10.1 Å². The van der Waals surface area contributed by atoms with Gasteiger partial charge < -0.3 is 5.32 Å². The van der Waals surface area contributed by atoms with Crippen molar-refractivity contribution >= 4 is 21.6 Å². The van der Waals surface area contributed by atoms with Gasteiger partial charge in [-0.1, -0.05) is 35.7 Å². The third-order valence-corrected chi connectivity index (χ3v) is 4.62.